The van der Waals surface area contributed by atoms with Crippen LogP contribution in [0.5, 0.6) is 0 Å². The first kappa shape index (κ1) is 13.6. The number of rotatable bonds is 4. The molecule has 0 spiro atoms. The Labute approximate surface area is 124 Å². The second-order valence-electron chi connectivity index (χ2n) is 5.25. The van der Waals surface area contributed by atoms with E-state index in [0.717, 1.165) is 18.0 Å². The molecule has 3 aromatic rings. The van der Waals surface area contributed by atoms with Crippen molar-refractivity contribution < 1.29 is 0 Å². The monoisotopic (exact) mass is 281 g/mol. The van der Waals surface area contributed by atoms with E-state index in [1.807, 2.05) is 22.7 Å². The molecular weight excluding hydrogens is 262 g/mol. The normalized spacial score (nSPS) is 11.0. The lowest BCUT2D eigenvalue weighted by molar-refractivity contribution is 0.829. The molecule has 2 N–H and O–H groups in total. The molecule has 0 unspecified atom stereocenters. The van der Waals surface area contributed by atoms with E-state index in [1.54, 1.807) is 6.33 Å². The minimum Gasteiger partial charge on any atom is -0.355 e. The Balaban J connectivity index is 1.97. The largest absolute Gasteiger partial charge is 0.355 e. The van der Waals surface area contributed by atoms with Crippen molar-refractivity contribution >= 4 is 11.5 Å². The fraction of sp³-hybridized carbons (Fsp3) is 0.250. The van der Waals surface area contributed by atoms with Gasteiger partial charge in [-0.15, -0.1) is 0 Å². The van der Waals surface area contributed by atoms with Gasteiger partial charge in [0.05, 0.1) is 0 Å². The van der Waals surface area contributed by atoms with E-state index >= 15 is 0 Å². The molecule has 0 atom stereocenters. The molecule has 1 aromatic carbocycles. The Morgan fingerprint density at radius 3 is 2.71 bits per heavy atom. The van der Waals surface area contributed by atoms with Gasteiger partial charge in [-0.2, -0.15) is 9.61 Å². The van der Waals surface area contributed by atoms with E-state index in [1.165, 1.54) is 16.7 Å². The zero-order valence-corrected chi connectivity index (χ0v) is 12.3. The van der Waals surface area contributed by atoms with Gasteiger partial charge < -0.3 is 10.6 Å². The van der Waals surface area contributed by atoms with Crippen LogP contribution in [0.1, 0.15) is 16.7 Å². The minimum atomic E-state index is 0.552. The summed E-state index contributed by atoms with van der Waals surface area (Å²) in [5.74, 6) is 1.02. The zero-order valence-electron chi connectivity index (χ0n) is 12.3. The first-order valence-corrected chi connectivity index (χ1v) is 6.97. The molecule has 0 radical (unpaired) electrons. The third-order valence-electron chi connectivity index (χ3n) is 3.64. The van der Waals surface area contributed by atoms with Crippen molar-refractivity contribution in [1.29, 1.82) is 0 Å². The molecule has 0 amide bonds. The van der Waals surface area contributed by atoms with Crippen LogP contribution < -0.4 is 10.6 Å². The van der Waals surface area contributed by atoms with Crippen LogP contribution >= 0.6 is 0 Å². The average molecular weight is 281 g/mol. The SMILES string of the molecule is Cc1cc(N(C)Cc2ccccc2CN)n2ncnc2c1. The van der Waals surface area contributed by atoms with Gasteiger partial charge in [0, 0.05) is 20.1 Å². The van der Waals surface area contributed by atoms with Crippen molar-refractivity contribution in [2.24, 2.45) is 5.73 Å². The third-order valence-corrected chi connectivity index (χ3v) is 3.64. The molecule has 5 heteroatoms. The molecule has 0 aliphatic rings. The quantitative estimate of drug-likeness (QED) is 0.796. The number of fused-ring (bicyclic) bond motifs is 1. The number of nitrogens with two attached hydrogens (primary N) is 1. The Bertz CT molecular complexity index is 762. The number of hydrogen-bond donors (Lipinski definition) is 1. The van der Waals surface area contributed by atoms with Crippen LogP contribution in [0.4, 0.5) is 5.82 Å². The highest BCUT2D eigenvalue weighted by Gasteiger charge is 2.10. The molecule has 0 fully saturated rings. The highest BCUT2D eigenvalue weighted by atomic mass is 15.4. The summed E-state index contributed by atoms with van der Waals surface area (Å²) < 4.78 is 1.86. The van der Waals surface area contributed by atoms with Crippen LogP contribution in [-0.2, 0) is 13.1 Å². The van der Waals surface area contributed by atoms with Crippen LogP contribution in [-0.4, -0.2) is 21.6 Å². The van der Waals surface area contributed by atoms with Gasteiger partial charge in [0.25, 0.3) is 0 Å². The van der Waals surface area contributed by atoms with Crippen molar-refractivity contribution in [3.63, 3.8) is 0 Å². The summed E-state index contributed by atoms with van der Waals surface area (Å²) in [5.41, 5.74) is 10.3. The zero-order chi connectivity index (χ0) is 14.8. The van der Waals surface area contributed by atoms with Gasteiger partial charge in [-0.1, -0.05) is 24.3 Å². The molecule has 0 bridgehead atoms. The summed E-state index contributed by atoms with van der Waals surface area (Å²) >= 11 is 0. The highest BCUT2D eigenvalue weighted by molar-refractivity contribution is 5.53. The lowest BCUT2D eigenvalue weighted by Crippen LogP contribution is -2.21. The molecule has 21 heavy (non-hydrogen) atoms. The predicted octanol–water partition coefficient (Wildman–Crippen LogP) is 2.13. The summed E-state index contributed by atoms with van der Waals surface area (Å²) in [6.45, 7) is 3.40. The van der Waals surface area contributed by atoms with Crippen LogP contribution in [0.15, 0.2) is 42.7 Å². The molecule has 0 aliphatic heterocycles. The number of benzene rings is 1. The summed E-state index contributed by atoms with van der Waals surface area (Å²) in [7, 11) is 2.06. The highest BCUT2D eigenvalue weighted by Crippen LogP contribution is 2.20. The smallest absolute Gasteiger partial charge is 0.157 e. The third kappa shape index (κ3) is 2.60. The molecule has 0 saturated heterocycles. The Morgan fingerprint density at radius 2 is 1.95 bits per heavy atom. The summed E-state index contributed by atoms with van der Waals surface area (Å²) in [4.78, 5) is 6.44. The second-order valence-corrected chi connectivity index (χ2v) is 5.25. The van der Waals surface area contributed by atoms with E-state index in [9.17, 15) is 0 Å². The van der Waals surface area contributed by atoms with Gasteiger partial charge in [0.2, 0.25) is 0 Å². The van der Waals surface area contributed by atoms with E-state index < -0.39 is 0 Å². The van der Waals surface area contributed by atoms with Crippen LogP contribution in [0, 0.1) is 6.92 Å². The van der Waals surface area contributed by atoms with Gasteiger partial charge in [-0.25, -0.2) is 4.98 Å². The first-order chi connectivity index (χ1) is 10.2. The van der Waals surface area contributed by atoms with Gasteiger partial charge >= 0.3 is 0 Å². The second kappa shape index (κ2) is 5.54. The van der Waals surface area contributed by atoms with E-state index in [2.05, 4.69) is 47.2 Å². The lowest BCUT2D eigenvalue weighted by Gasteiger charge is -2.21. The molecule has 108 valence electrons. The van der Waals surface area contributed by atoms with Crippen LogP contribution in [0.25, 0.3) is 5.65 Å². The molecular formula is C16H19N5. The minimum absolute atomic E-state index is 0.552. The maximum atomic E-state index is 5.82. The summed E-state index contributed by atoms with van der Waals surface area (Å²) in [6.07, 6.45) is 1.58. The topological polar surface area (TPSA) is 59.5 Å². The molecule has 0 saturated carbocycles. The summed E-state index contributed by atoms with van der Waals surface area (Å²) in [5, 5.41) is 4.30. The van der Waals surface area contributed by atoms with Crippen molar-refractivity contribution in [2.75, 3.05) is 11.9 Å². The lowest BCUT2D eigenvalue weighted by atomic mass is 10.1. The molecule has 2 aromatic heterocycles. The number of aryl methyl sites for hydroxylation is 1. The van der Waals surface area contributed by atoms with Crippen molar-refractivity contribution in [2.45, 2.75) is 20.0 Å². The first-order valence-electron chi connectivity index (χ1n) is 6.97. The van der Waals surface area contributed by atoms with E-state index in [0.29, 0.717) is 6.54 Å². The number of nitrogens with zero attached hydrogens (tertiary/aromatic N) is 4. The van der Waals surface area contributed by atoms with Crippen LogP contribution in [0.2, 0.25) is 0 Å². The number of anilines is 1. The fourth-order valence-electron chi connectivity index (χ4n) is 2.55. The fourth-order valence-corrected chi connectivity index (χ4v) is 2.55. The molecule has 3 rings (SSSR count). The molecule has 2 heterocycles. The Kier molecular flexibility index (Phi) is 3.58. The Morgan fingerprint density at radius 1 is 1.19 bits per heavy atom. The van der Waals surface area contributed by atoms with Crippen molar-refractivity contribution in [1.82, 2.24) is 14.6 Å². The molecule has 5 nitrogen and oxygen atoms in total. The standard InChI is InChI=1S/C16H19N5/c1-12-7-15-18-11-19-21(15)16(8-12)20(2)10-14-6-4-3-5-13(14)9-17/h3-8,11H,9-10,17H2,1-2H3. The Hall–Kier alpha value is -2.40. The van der Waals surface area contributed by atoms with Gasteiger partial charge in [0.15, 0.2) is 5.65 Å². The van der Waals surface area contributed by atoms with Crippen molar-refractivity contribution in [3.05, 3.63) is 59.4 Å². The maximum absolute atomic E-state index is 5.82. The number of pyridine rings is 1. The average Bonchev–Trinajstić information content (AvgIpc) is 2.94. The van der Waals surface area contributed by atoms with Gasteiger partial charge in [-0.3, -0.25) is 0 Å². The van der Waals surface area contributed by atoms with E-state index in [-0.39, 0.29) is 0 Å². The van der Waals surface area contributed by atoms with Crippen molar-refractivity contribution in [3.8, 4) is 0 Å². The number of aromatic nitrogens is 3. The predicted molar refractivity (Wildman–Crippen MR) is 84.2 cm³/mol. The van der Waals surface area contributed by atoms with Crippen LogP contribution in [0.3, 0.4) is 0 Å². The van der Waals surface area contributed by atoms with E-state index in [4.69, 9.17) is 5.73 Å². The summed E-state index contributed by atoms with van der Waals surface area (Å²) in [6, 6.07) is 12.4. The molecule has 0 aliphatic carbocycles. The van der Waals surface area contributed by atoms with Gasteiger partial charge in [-0.05, 0) is 35.7 Å². The number of hydrogen-bond acceptors (Lipinski definition) is 4. The maximum Gasteiger partial charge on any atom is 0.157 e. The van der Waals surface area contributed by atoms with Gasteiger partial charge in [0.1, 0.15) is 12.1 Å².